The smallest absolute Gasteiger partial charge is 0.263 e. The highest BCUT2D eigenvalue weighted by Crippen LogP contribution is 2.41. The van der Waals surface area contributed by atoms with Gasteiger partial charge in [-0.05, 0) is 77.2 Å². The van der Waals surface area contributed by atoms with E-state index in [1.54, 1.807) is 41.9 Å². The molecule has 1 heterocycles. The molecule has 7 nitrogen and oxygen atoms in total. The number of aliphatic hydroxyl groups is 1. The van der Waals surface area contributed by atoms with Gasteiger partial charge < -0.3 is 15.7 Å². The van der Waals surface area contributed by atoms with Crippen LogP contribution in [0.2, 0.25) is 0 Å². The number of benzene rings is 3. The minimum atomic E-state index is -0.554. The molecule has 1 aromatic heterocycles. The number of pyridine rings is 1. The van der Waals surface area contributed by atoms with E-state index in [4.69, 9.17) is 5.73 Å². The van der Waals surface area contributed by atoms with Crippen molar-refractivity contribution in [2.75, 3.05) is 7.05 Å². The molecule has 0 unspecified atom stereocenters. The molecule has 192 valence electrons. The van der Waals surface area contributed by atoms with Crippen LogP contribution in [0, 0.1) is 0 Å². The molecule has 7 heteroatoms. The normalized spacial score (nSPS) is 12.9. The van der Waals surface area contributed by atoms with Gasteiger partial charge in [0.2, 0.25) is 11.8 Å². The van der Waals surface area contributed by atoms with Crippen LogP contribution >= 0.6 is 0 Å². The Morgan fingerprint density at radius 2 is 1.87 bits per heavy atom. The fourth-order valence-electron chi connectivity index (χ4n) is 4.98. The lowest BCUT2D eigenvalue weighted by Gasteiger charge is -2.22. The van der Waals surface area contributed by atoms with E-state index in [-0.39, 0.29) is 24.6 Å². The lowest BCUT2D eigenvalue weighted by atomic mass is 9.96. The molecule has 1 aliphatic rings. The first-order chi connectivity index (χ1) is 18.3. The van der Waals surface area contributed by atoms with Crippen molar-refractivity contribution < 1.29 is 14.7 Å². The number of primary amides is 1. The van der Waals surface area contributed by atoms with Crippen LogP contribution in [-0.2, 0) is 17.9 Å². The summed E-state index contributed by atoms with van der Waals surface area (Å²) in [6.07, 6.45) is 3.53. The maximum Gasteiger partial charge on any atom is 0.263 e. The number of carbonyl (C=O) groups is 2. The molecule has 1 fully saturated rings. The van der Waals surface area contributed by atoms with Gasteiger partial charge in [0.25, 0.3) is 5.56 Å². The van der Waals surface area contributed by atoms with Gasteiger partial charge in [-0.2, -0.15) is 0 Å². The van der Waals surface area contributed by atoms with Crippen molar-refractivity contribution in [3.05, 3.63) is 112 Å². The summed E-state index contributed by atoms with van der Waals surface area (Å²) in [7, 11) is 1.66. The Bertz CT molecular complexity index is 1650. The molecule has 5 rings (SSSR count). The molecular formula is C31H29N3O4. The first-order valence-corrected chi connectivity index (χ1v) is 12.5. The Hall–Kier alpha value is -4.49. The van der Waals surface area contributed by atoms with Crippen LogP contribution in [-0.4, -0.2) is 33.4 Å². The summed E-state index contributed by atoms with van der Waals surface area (Å²) in [5.41, 5.74) is 9.79. The monoisotopic (exact) mass is 507 g/mol. The molecular weight excluding hydrogens is 478 g/mol. The van der Waals surface area contributed by atoms with Gasteiger partial charge in [0.1, 0.15) is 0 Å². The van der Waals surface area contributed by atoms with Crippen LogP contribution in [0.25, 0.3) is 27.6 Å². The quantitative estimate of drug-likeness (QED) is 0.348. The first kappa shape index (κ1) is 25.2. The fourth-order valence-corrected chi connectivity index (χ4v) is 4.98. The SMILES string of the molecule is C=CC(=O)N(C)Cc1cc2cc(C3CC3)ccc2c(=O)n1-c1cccc(-c2cccc(C(N)=O)c2)c1CO. The fraction of sp³-hybridized carbons (Fsp3) is 0.194. The van der Waals surface area contributed by atoms with Crippen molar-refractivity contribution in [3.8, 4) is 16.8 Å². The number of aliphatic hydroxyl groups excluding tert-OH is 1. The zero-order valence-electron chi connectivity index (χ0n) is 21.2. The number of aromatic nitrogens is 1. The van der Waals surface area contributed by atoms with Crippen LogP contribution in [0.15, 0.2) is 84.2 Å². The summed E-state index contributed by atoms with van der Waals surface area (Å²) in [4.78, 5) is 39.7. The van der Waals surface area contributed by atoms with Crippen LogP contribution in [0.4, 0.5) is 0 Å². The van der Waals surface area contributed by atoms with Crippen LogP contribution in [0.5, 0.6) is 0 Å². The molecule has 3 N–H and O–H groups in total. The van der Waals surface area contributed by atoms with Gasteiger partial charge in [-0.15, -0.1) is 0 Å². The number of hydrogen-bond donors (Lipinski definition) is 2. The third kappa shape index (κ3) is 4.64. The average Bonchev–Trinajstić information content (AvgIpc) is 3.78. The number of carbonyl (C=O) groups excluding carboxylic acids is 2. The van der Waals surface area contributed by atoms with Crippen LogP contribution in [0.1, 0.15) is 45.9 Å². The van der Waals surface area contributed by atoms with Crippen molar-refractivity contribution in [2.45, 2.75) is 31.9 Å². The standard InChI is InChI=1S/C31H29N3O4/c1-3-29(36)33(2)17-24-16-23-14-20(19-10-11-19)12-13-26(23)31(38)34(24)28-9-5-8-25(27(28)18-35)21-6-4-7-22(15-21)30(32)37/h3-9,12-16,19,35H,1,10-11,17-18H2,2H3,(H2,32,37). The summed E-state index contributed by atoms with van der Waals surface area (Å²) < 4.78 is 1.57. The number of likely N-dealkylation sites (N-methyl/N-ethyl adjacent to an activating group) is 1. The van der Waals surface area contributed by atoms with Crippen LogP contribution in [0.3, 0.4) is 0 Å². The summed E-state index contributed by atoms with van der Waals surface area (Å²) in [6, 6.07) is 20.1. The zero-order chi connectivity index (χ0) is 27.0. The van der Waals surface area contributed by atoms with Crippen LogP contribution < -0.4 is 11.3 Å². The molecule has 38 heavy (non-hydrogen) atoms. The number of nitrogens with two attached hydrogens (primary N) is 1. The molecule has 0 bridgehead atoms. The summed E-state index contributed by atoms with van der Waals surface area (Å²) in [5, 5.41) is 11.9. The first-order valence-electron chi connectivity index (χ1n) is 12.5. The predicted octanol–water partition coefficient (Wildman–Crippen LogP) is 4.27. The highest BCUT2D eigenvalue weighted by atomic mass is 16.3. The molecule has 0 aliphatic heterocycles. The van der Waals surface area contributed by atoms with Crippen molar-refractivity contribution in [1.82, 2.24) is 9.47 Å². The van der Waals surface area contributed by atoms with Crippen molar-refractivity contribution >= 4 is 22.6 Å². The van der Waals surface area contributed by atoms with E-state index in [2.05, 4.69) is 12.6 Å². The van der Waals surface area contributed by atoms with E-state index in [0.717, 1.165) is 18.2 Å². The number of rotatable bonds is 8. The second kappa shape index (κ2) is 10.1. The Kier molecular flexibility index (Phi) is 6.70. The predicted molar refractivity (Wildman–Crippen MR) is 148 cm³/mol. The molecule has 0 saturated heterocycles. The Morgan fingerprint density at radius 3 is 2.55 bits per heavy atom. The van der Waals surface area contributed by atoms with E-state index < -0.39 is 5.91 Å². The average molecular weight is 508 g/mol. The number of amides is 2. The number of hydrogen-bond acceptors (Lipinski definition) is 4. The lowest BCUT2D eigenvalue weighted by Crippen LogP contribution is -2.30. The summed E-state index contributed by atoms with van der Waals surface area (Å²) in [5.74, 6) is -0.290. The highest BCUT2D eigenvalue weighted by Gasteiger charge is 2.25. The summed E-state index contributed by atoms with van der Waals surface area (Å²) >= 11 is 0. The molecule has 4 aromatic rings. The van der Waals surface area contributed by atoms with Gasteiger partial charge in [0, 0.05) is 29.3 Å². The zero-order valence-corrected chi connectivity index (χ0v) is 21.2. The maximum absolute atomic E-state index is 14.0. The van der Waals surface area contributed by atoms with Crippen molar-refractivity contribution in [1.29, 1.82) is 0 Å². The van der Waals surface area contributed by atoms with Crippen molar-refractivity contribution in [3.63, 3.8) is 0 Å². The molecule has 2 amide bonds. The minimum absolute atomic E-state index is 0.163. The van der Waals surface area contributed by atoms with Gasteiger partial charge >= 0.3 is 0 Å². The van der Waals surface area contributed by atoms with E-state index in [0.29, 0.717) is 44.9 Å². The van der Waals surface area contributed by atoms with Gasteiger partial charge in [-0.1, -0.05) is 43.0 Å². The molecule has 3 aromatic carbocycles. The van der Waals surface area contributed by atoms with E-state index >= 15 is 0 Å². The third-order valence-corrected chi connectivity index (χ3v) is 7.13. The minimum Gasteiger partial charge on any atom is -0.392 e. The molecule has 0 atom stereocenters. The van der Waals surface area contributed by atoms with E-state index in [1.165, 1.54) is 16.5 Å². The topological polar surface area (TPSA) is 106 Å². The molecule has 1 aliphatic carbocycles. The van der Waals surface area contributed by atoms with Crippen molar-refractivity contribution in [2.24, 2.45) is 5.73 Å². The second-order valence-corrected chi connectivity index (χ2v) is 9.70. The van der Waals surface area contributed by atoms with E-state index in [9.17, 15) is 19.5 Å². The van der Waals surface area contributed by atoms with Gasteiger partial charge in [0.05, 0.1) is 18.8 Å². The van der Waals surface area contributed by atoms with Gasteiger partial charge in [0.15, 0.2) is 0 Å². The van der Waals surface area contributed by atoms with E-state index in [1.807, 2.05) is 30.3 Å². The molecule has 0 radical (unpaired) electrons. The molecule has 0 spiro atoms. The third-order valence-electron chi connectivity index (χ3n) is 7.13. The Morgan fingerprint density at radius 1 is 1.11 bits per heavy atom. The summed E-state index contributed by atoms with van der Waals surface area (Å²) in [6.45, 7) is 3.39. The number of fused-ring (bicyclic) bond motifs is 1. The van der Waals surface area contributed by atoms with Gasteiger partial charge in [-0.25, -0.2) is 0 Å². The largest absolute Gasteiger partial charge is 0.392 e. The Balaban J connectivity index is 1.75. The molecule has 1 saturated carbocycles. The second-order valence-electron chi connectivity index (χ2n) is 9.70. The number of nitrogens with zero attached hydrogens (tertiary/aromatic N) is 2. The lowest BCUT2D eigenvalue weighted by molar-refractivity contribution is -0.125. The highest BCUT2D eigenvalue weighted by molar-refractivity contribution is 5.94. The Labute approximate surface area is 220 Å². The maximum atomic E-state index is 14.0. The van der Waals surface area contributed by atoms with Gasteiger partial charge in [-0.3, -0.25) is 19.0 Å².